The summed E-state index contributed by atoms with van der Waals surface area (Å²) in [6, 6.07) is 11.6. The van der Waals surface area contributed by atoms with Gasteiger partial charge in [-0.3, -0.25) is 20.4 Å². The summed E-state index contributed by atoms with van der Waals surface area (Å²) < 4.78 is 16.8. The molecule has 0 aromatic heterocycles. The van der Waals surface area contributed by atoms with Gasteiger partial charge in [0, 0.05) is 16.6 Å². The van der Waals surface area contributed by atoms with Crippen molar-refractivity contribution in [3.05, 3.63) is 57.5 Å². The van der Waals surface area contributed by atoms with Gasteiger partial charge in [0.2, 0.25) is 0 Å². The fraction of sp³-hybridized carbons (Fsp3) is 0.263. The van der Waals surface area contributed by atoms with Crippen molar-refractivity contribution in [2.45, 2.75) is 6.92 Å². The van der Waals surface area contributed by atoms with Gasteiger partial charge in [0.1, 0.15) is 18.1 Å². The fourth-order valence-corrected chi connectivity index (χ4v) is 2.79. The van der Waals surface area contributed by atoms with Crippen LogP contribution in [-0.2, 0) is 9.53 Å². The summed E-state index contributed by atoms with van der Waals surface area (Å²) in [7, 11) is 0. The normalized spacial score (nSPS) is 10.2. The van der Waals surface area contributed by atoms with Crippen LogP contribution in [0.1, 0.15) is 17.3 Å². The molecule has 0 bridgehead atoms. The van der Waals surface area contributed by atoms with Crippen LogP contribution in [0.3, 0.4) is 0 Å². The highest BCUT2D eigenvalue weighted by molar-refractivity contribution is 9.10. The molecular formula is C19H20BrClN2O5. The highest BCUT2D eigenvalue weighted by atomic mass is 79.9. The number of amides is 2. The maximum Gasteiger partial charge on any atom is 0.276 e. The fourth-order valence-electron chi connectivity index (χ4n) is 2.06. The smallest absolute Gasteiger partial charge is 0.276 e. The molecule has 9 heteroatoms. The minimum Gasteiger partial charge on any atom is -0.491 e. The molecule has 0 fully saturated rings. The van der Waals surface area contributed by atoms with E-state index in [1.165, 1.54) is 0 Å². The zero-order valence-electron chi connectivity index (χ0n) is 15.2. The number of ether oxygens (including phenoxy) is 3. The van der Waals surface area contributed by atoms with Gasteiger partial charge in [-0.2, -0.15) is 0 Å². The molecule has 0 atom stereocenters. The van der Waals surface area contributed by atoms with E-state index in [0.29, 0.717) is 41.9 Å². The van der Waals surface area contributed by atoms with Gasteiger partial charge < -0.3 is 14.2 Å². The third kappa shape index (κ3) is 7.38. The first kappa shape index (κ1) is 22.0. The number of carbonyl (C=O) groups is 2. The van der Waals surface area contributed by atoms with E-state index in [4.69, 9.17) is 25.8 Å². The van der Waals surface area contributed by atoms with Crippen molar-refractivity contribution in [1.29, 1.82) is 0 Å². The van der Waals surface area contributed by atoms with Crippen LogP contribution >= 0.6 is 27.5 Å². The molecule has 2 rings (SSSR count). The van der Waals surface area contributed by atoms with Crippen LogP contribution in [0, 0.1) is 0 Å². The van der Waals surface area contributed by atoms with Gasteiger partial charge >= 0.3 is 0 Å². The van der Waals surface area contributed by atoms with Crippen molar-refractivity contribution in [3.8, 4) is 11.5 Å². The molecule has 0 radical (unpaired) electrons. The SMILES string of the molecule is CCOCCOc1cccc(C(=O)NNC(=O)COc2ccc(Br)cc2Cl)c1. The van der Waals surface area contributed by atoms with E-state index in [1.807, 2.05) is 6.92 Å². The number of nitrogens with one attached hydrogen (secondary N) is 2. The predicted molar refractivity (Wildman–Crippen MR) is 109 cm³/mol. The van der Waals surface area contributed by atoms with Crippen LogP contribution in [-0.4, -0.2) is 38.2 Å². The van der Waals surface area contributed by atoms with Crippen LogP contribution in [0.2, 0.25) is 5.02 Å². The molecule has 0 spiro atoms. The lowest BCUT2D eigenvalue weighted by molar-refractivity contribution is -0.123. The van der Waals surface area contributed by atoms with Crippen molar-refractivity contribution < 1.29 is 23.8 Å². The summed E-state index contributed by atoms with van der Waals surface area (Å²) in [6.07, 6.45) is 0. The lowest BCUT2D eigenvalue weighted by Crippen LogP contribution is -2.43. The van der Waals surface area contributed by atoms with Crippen LogP contribution in [0.15, 0.2) is 46.9 Å². The van der Waals surface area contributed by atoms with Gasteiger partial charge in [0.25, 0.3) is 11.8 Å². The molecule has 0 saturated heterocycles. The minimum atomic E-state index is -0.531. The first-order valence-corrected chi connectivity index (χ1v) is 9.64. The second kappa shape index (κ2) is 11.5. The molecule has 0 aliphatic rings. The summed E-state index contributed by atoms with van der Waals surface area (Å²) in [5.41, 5.74) is 4.95. The molecule has 2 amide bonds. The van der Waals surface area contributed by atoms with Crippen LogP contribution in [0.25, 0.3) is 0 Å². The Labute approximate surface area is 176 Å². The maximum absolute atomic E-state index is 12.2. The van der Waals surface area contributed by atoms with Gasteiger partial charge in [0.15, 0.2) is 6.61 Å². The number of hydrazine groups is 1. The predicted octanol–water partition coefficient (Wildman–Crippen LogP) is 3.36. The van der Waals surface area contributed by atoms with E-state index in [2.05, 4.69) is 26.8 Å². The molecule has 2 aromatic rings. The quantitative estimate of drug-likeness (QED) is 0.433. The zero-order chi connectivity index (χ0) is 20.4. The number of hydrogen-bond donors (Lipinski definition) is 2. The molecular weight excluding hydrogens is 452 g/mol. The molecule has 0 aliphatic heterocycles. The molecule has 7 nitrogen and oxygen atoms in total. The summed E-state index contributed by atoms with van der Waals surface area (Å²) in [5.74, 6) is -0.114. The standard InChI is InChI=1S/C19H20BrClN2O5/c1-2-26-8-9-27-15-5-3-4-13(10-15)19(25)23-22-18(24)12-28-17-7-6-14(20)11-16(17)21/h3-7,10-11H,2,8-9,12H2,1H3,(H,22,24)(H,23,25). The van der Waals surface area contributed by atoms with E-state index in [1.54, 1.807) is 42.5 Å². The summed E-state index contributed by atoms with van der Waals surface area (Å²) in [4.78, 5) is 24.0. The first-order valence-electron chi connectivity index (χ1n) is 8.47. The average Bonchev–Trinajstić information content (AvgIpc) is 2.69. The lowest BCUT2D eigenvalue weighted by Gasteiger charge is -2.11. The Morgan fingerprint density at radius 3 is 2.64 bits per heavy atom. The Bertz CT molecular complexity index is 819. The minimum absolute atomic E-state index is 0.303. The number of halogens is 2. The van der Waals surface area contributed by atoms with E-state index < -0.39 is 11.8 Å². The van der Waals surface area contributed by atoms with Gasteiger partial charge in [-0.05, 0) is 43.3 Å². The summed E-state index contributed by atoms with van der Waals surface area (Å²) >= 11 is 9.30. The monoisotopic (exact) mass is 470 g/mol. The Hall–Kier alpha value is -2.29. The van der Waals surface area contributed by atoms with E-state index in [-0.39, 0.29) is 6.61 Å². The van der Waals surface area contributed by atoms with Crippen LogP contribution < -0.4 is 20.3 Å². The van der Waals surface area contributed by atoms with Crippen molar-refractivity contribution in [2.75, 3.05) is 26.4 Å². The number of carbonyl (C=O) groups excluding carboxylic acids is 2. The Morgan fingerprint density at radius 2 is 1.89 bits per heavy atom. The largest absolute Gasteiger partial charge is 0.491 e. The van der Waals surface area contributed by atoms with E-state index in [0.717, 1.165) is 4.47 Å². The molecule has 0 unspecified atom stereocenters. The Kier molecular flexibility index (Phi) is 9.06. The number of hydrogen-bond acceptors (Lipinski definition) is 5. The first-order chi connectivity index (χ1) is 13.5. The topological polar surface area (TPSA) is 85.9 Å². The zero-order valence-corrected chi connectivity index (χ0v) is 17.5. The molecule has 0 saturated carbocycles. The van der Waals surface area contributed by atoms with Crippen molar-refractivity contribution >= 4 is 39.3 Å². The second-order valence-corrected chi connectivity index (χ2v) is 6.76. The maximum atomic E-state index is 12.2. The average molecular weight is 472 g/mol. The highest BCUT2D eigenvalue weighted by Crippen LogP contribution is 2.27. The highest BCUT2D eigenvalue weighted by Gasteiger charge is 2.10. The van der Waals surface area contributed by atoms with Crippen molar-refractivity contribution in [3.63, 3.8) is 0 Å². The lowest BCUT2D eigenvalue weighted by atomic mass is 10.2. The van der Waals surface area contributed by atoms with Crippen LogP contribution in [0.5, 0.6) is 11.5 Å². The third-order valence-electron chi connectivity index (χ3n) is 3.36. The number of benzene rings is 2. The summed E-state index contributed by atoms with van der Waals surface area (Å²) in [5, 5.41) is 0.368. The van der Waals surface area contributed by atoms with Gasteiger partial charge in [-0.15, -0.1) is 0 Å². The summed E-state index contributed by atoms with van der Waals surface area (Å²) in [6.45, 7) is 3.06. The molecule has 2 aromatic carbocycles. The number of rotatable bonds is 9. The molecule has 2 N–H and O–H groups in total. The Morgan fingerprint density at radius 1 is 1.07 bits per heavy atom. The van der Waals surface area contributed by atoms with Crippen molar-refractivity contribution in [1.82, 2.24) is 10.9 Å². The molecule has 0 heterocycles. The molecule has 150 valence electrons. The second-order valence-electron chi connectivity index (χ2n) is 5.44. The molecule has 0 aliphatic carbocycles. The van der Waals surface area contributed by atoms with Gasteiger partial charge in [-0.1, -0.05) is 33.6 Å². The van der Waals surface area contributed by atoms with E-state index >= 15 is 0 Å². The van der Waals surface area contributed by atoms with E-state index in [9.17, 15) is 9.59 Å². The Balaban J connectivity index is 1.78. The van der Waals surface area contributed by atoms with Crippen LogP contribution in [0.4, 0.5) is 0 Å². The van der Waals surface area contributed by atoms with Gasteiger partial charge in [0.05, 0.1) is 11.6 Å². The molecule has 28 heavy (non-hydrogen) atoms. The third-order valence-corrected chi connectivity index (χ3v) is 4.15. The van der Waals surface area contributed by atoms with Gasteiger partial charge in [-0.25, -0.2) is 0 Å². The van der Waals surface area contributed by atoms with Crippen molar-refractivity contribution in [2.24, 2.45) is 0 Å².